The molecule has 2 aromatic heterocycles. The minimum Gasteiger partial charge on any atom is -0.353 e. The largest absolute Gasteiger partial charge is 0.353 e. The molecule has 0 radical (unpaired) electrons. The van der Waals surface area contributed by atoms with Crippen molar-refractivity contribution in [3.8, 4) is 5.82 Å². The Bertz CT molecular complexity index is 898. The maximum atomic E-state index is 12.8. The van der Waals surface area contributed by atoms with Crippen LogP contribution in [0.3, 0.4) is 0 Å². The average molecular weight is 347 g/mol. The standard InChI is InChI=1S/C20H21N5O/c1-16-6-2-3-7-17(16)20(26)25-12-10-24(11-13-25)19-14-18(21-15-22-19)23-8-4-5-9-23/h2-9,14-15H,10-13H2,1H3. The number of hydrogen-bond donors (Lipinski definition) is 0. The van der Waals surface area contributed by atoms with Crippen molar-refractivity contribution < 1.29 is 4.79 Å². The summed E-state index contributed by atoms with van der Waals surface area (Å²) in [5.74, 6) is 1.85. The van der Waals surface area contributed by atoms with Gasteiger partial charge in [-0.15, -0.1) is 0 Å². The van der Waals surface area contributed by atoms with Gasteiger partial charge in [0.15, 0.2) is 0 Å². The molecule has 3 aromatic rings. The summed E-state index contributed by atoms with van der Waals surface area (Å²) in [4.78, 5) is 25.6. The zero-order valence-electron chi connectivity index (χ0n) is 14.7. The normalized spacial score (nSPS) is 14.5. The van der Waals surface area contributed by atoms with Gasteiger partial charge in [0, 0.05) is 50.2 Å². The molecule has 0 atom stereocenters. The van der Waals surface area contributed by atoms with Crippen LogP contribution >= 0.6 is 0 Å². The monoisotopic (exact) mass is 347 g/mol. The van der Waals surface area contributed by atoms with Crippen LogP contribution in [0.1, 0.15) is 15.9 Å². The van der Waals surface area contributed by atoms with E-state index in [-0.39, 0.29) is 5.91 Å². The first kappa shape index (κ1) is 16.3. The maximum absolute atomic E-state index is 12.8. The molecule has 6 heteroatoms. The lowest BCUT2D eigenvalue weighted by Crippen LogP contribution is -2.49. The fourth-order valence-electron chi connectivity index (χ4n) is 3.26. The number of aromatic nitrogens is 3. The van der Waals surface area contributed by atoms with Crippen molar-refractivity contribution in [2.24, 2.45) is 0 Å². The predicted octanol–water partition coefficient (Wildman–Crippen LogP) is 2.54. The number of carbonyl (C=O) groups is 1. The minimum absolute atomic E-state index is 0.110. The molecule has 0 aliphatic carbocycles. The molecule has 4 rings (SSSR count). The number of carbonyl (C=O) groups excluding carboxylic acids is 1. The van der Waals surface area contributed by atoms with E-state index in [1.807, 2.05) is 71.2 Å². The molecule has 0 N–H and O–H groups in total. The van der Waals surface area contributed by atoms with Gasteiger partial charge in [-0.2, -0.15) is 0 Å². The third kappa shape index (κ3) is 3.18. The van der Waals surface area contributed by atoms with Crippen LogP contribution in [0.15, 0.2) is 61.2 Å². The Kier molecular flexibility index (Phi) is 4.39. The van der Waals surface area contributed by atoms with Gasteiger partial charge in [-0.25, -0.2) is 9.97 Å². The van der Waals surface area contributed by atoms with Crippen LogP contribution < -0.4 is 4.90 Å². The van der Waals surface area contributed by atoms with E-state index in [2.05, 4.69) is 14.9 Å². The number of anilines is 1. The average Bonchev–Trinajstić information content (AvgIpc) is 3.23. The molecule has 132 valence electrons. The third-order valence-corrected chi connectivity index (χ3v) is 4.77. The number of rotatable bonds is 3. The number of hydrogen-bond acceptors (Lipinski definition) is 4. The highest BCUT2D eigenvalue weighted by atomic mass is 16.2. The Morgan fingerprint density at radius 3 is 2.35 bits per heavy atom. The molecule has 1 aliphatic rings. The van der Waals surface area contributed by atoms with Crippen molar-refractivity contribution in [3.05, 3.63) is 72.3 Å². The van der Waals surface area contributed by atoms with Crippen LogP contribution in [-0.2, 0) is 0 Å². The molecule has 1 saturated heterocycles. The Labute approximate surface area is 152 Å². The number of benzene rings is 1. The van der Waals surface area contributed by atoms with Crippen LogP contribution in [-0.4, -0.2) is 51.5 Å². The van der Waals surface area contributed by atoms with Crippen molar-refractivity contribution in [2.75, 3.05) is 31.1 Å². The second kappa shape index (κ2) is 7.00. The maximum Gasteiger partial charge on any atom is 0.254 e. The summed E-state index contributed by atoms with van der Waals surface area (Å²) in [6.07, 6.45) is 5.52. The molecule has 3 heterocycles. The van der Waals surface area contributed by atoms with Crippen molar-refractivity contribution in [2.45, 2.75) is 6.92 Å². The molecular weight excluding hydrogens is 326 g/mol. The van der Waals surface area contributed by atoms with Crippen molar-refractivity contribution in [1.82, 2.24) is 19.4 Å². The third-order valence-electron chi connectivity index (χ3n) is 4.77. The summed E-state index contributed by atoms with van der Waals surface area (Å²) in [6, 6.07) is 13.7. The van der Waals surface area contributed by atoms with Crippen LogP contribution in [0.25, 0.3) is 5.82 Å². The highest BCUT2D eigenvalue weighted by Gasteiger charge is 2.23. The van der Waals surface area contributed by atoms with Gasteiger partial charge < -0.3 is 14.4 Å². The van der Waals surface area contributed by atoms with Gasteiger partial charge in [-0.05, 0) is 30.7 Å². The first-order valence-electron chi connectivity index (χ1n) is 8.77. The Hall–Kier alpha value is -3.15. The second-order valence-electron chi connectivity index (χ2n) is 6.42. The minimum atomic E-state index is 0.110. The van der Waals surface area contributed by atoms with E-state index < -0.39 is 0 Å². The topological polar surface area (TPSA) is 54.3 Å². The van der Waals surface area contributed by atoms with Crippen molar-refractivity contribution in [1.29, 1.82) is 0 Å². The molecule has 0 saturated carbocycles. The van der Waals surface area contributed by atoms with Crippen LogP contribution in [0.5, 0.6) is 0 Å². The summed E-state index contributed by atoms with van der Waals surface area (Å²) >= 11 is 0. The highest BCUT2D eigenvalue weighted by molar-refractivity contribution is 5.95. The highest BCUT2D eigenvalue weighted by Crippen LogP contribution is 2.18. The van der Waals surface area contributed by atoms with E-state index in [0.29, 0.717) is 13.1 Å². The van der Waals surface area contributed by atoms with Gasteiger partial charge in [0.25, 0.3) is 5.91 Å². The van der Waals surface area contributed by atoms with Gasteiger partial charge in [0.2, 0.25) is 0 Å². The lowest BCUT2D eigenvalue weighted by Gasteiger charge is -2.35. The van der Waals surface area contributed by atoms with E-state index in [1.165, 1.54) is 0 Å². The van der Waals surface area contributed by atoms with Crippen LogP contribution in [0.4, 0.5) is 5.82 Å². The summed E-state index contributed by atoms with van der Waals surface area (Å²) in [7, 11) is 0. The zero-order chi connectivity index (χ0) is 17.9. The van der Waals surface area contributed by atoms with Gasteiger partial charge in [-0.1, -0.05) is 18.2 Å². The quantitative estimate of drug-likeness (QED) is 0.731. The van der Waals surface area contributed by atoms with Gasteiger partial charge in [0.05, 0.1) is 0 Å². The molecule has 1 aromatic carbocycles. The lowest BCUT2D eigenvalue weighted by molar-refractivity contribution is 0.0746. The van der Waals surface area contributed by atoms with E-state index in [4.69, 9.17) is 0 Å². The summed E-state index contributed by atoms with van der Waals surface area (Å²) in [6.45, 7) is 4.89. The number of nitrogens with zero attached hydrogens (tertiary/aromatic N) is 5. The summed E-state index contributed by atoms with van der Waals surface area (Å²) < 4.78 is 1.96. The molecule has 6 nitrogen and oxygen atoms in total. The molecule has 26 heavy (non-hydrogen) atoms. The first-order valence-corrected chi connectivity index (χ1v) is 8.77. The Morgan fingerprint density at radius 1 is 0.923 bits per heavy atom. The summed E-state index contributed by atoms with van der Waals surface area (Å²) in [5, 5.41) is 0. The van der Waals surface area contributed by atoms with E-state index in [9.17, 15) is 4.79 Å². The van der Waals surface area contributed by atoms with E-state index >= 15 is 0 Å². The fourth-order valence-corrected chi connectivity index (χ4v) is 3.26. The molecular formula is C20H21N5O. The smallest absolute Gasteiger partial charge is 0.254 e. The van der Waals surface area contributed by atoms with Gasteiger partial charge >= 0.3 is 0 Å². The van der Waals surface area contributed by atoms with Crippen LogP contribution in [0, 0.1) is 6.92 Å². The SMILES string of the molecule is Cc1ccccc1C(=O)N1CCN(c2cc(-n3cccc3)ncn2)CC1. The zero-order valence-corrected chi connectivity index (χ0v) is 14.7. The Balaban J connectivity index is 1.45. The first-order chi connectivity index (χ1) is 12.7. The molecule has 0 unspecified atom stereocenters. The van der Waals surface area contributed by atoms with Gasteiger partial charge in [-0.3, -0.25) is 4.79 Å². The van der Waals surface area contributed by atoms with Gasteiger partial charge in [0.1, 0.15) is 18.0 Å². The molecule has 0 spiro atoms. The lowest BCUT2D eigenvalue weighted by atomic mass is 10.1. The predicted molar refractivity (Wildman–Crippen MR) is 101 cm³/mol. The number of aryl methyl sites for hydroxylation is 1. The number of amides is 1. The molecule has 0 bridgehead atoms. The second-order valence-corrected chi connectivity index (χ2v) is 6.42. The molecule has 1 fully saturated rings. The van der Waals surface area contributed by atoms with Crippen LogP contribution in [0.2, 0.25) is 0 Å². The Morgan fingerprint density at radius 2 is 1.62 bits per heavy atom. The molecule has 1 aliphatic heterocycles. The van der Waals surface area contributed by atoms with Crippen molar-refractivity contribution >= 4 is 11.7 Å². The summed E-state index contributed by atoms with van der Waals surface area (Å²) in [5.41, 5.74) is 1.81. The number of piperazine rings is 1. The van der Waals surface area contributed by atoms with E-state index in [0.717, 1.165) is 35.9 Å². The fraction of sp³-hybridized carbons (Fsp3) is 0.250. The van der Waals surface area contributed by atoms with Crippen molar-refractivity contribution in [3.63, 3.8) is 0 Å². The van der Waals surface area contributed by atoms with E-state index in [1.54, 1.807) is 6.33 Å². The molecule has 1 amide bonds.